The Bertz CT molecular complexity index is 672. The molecular weight excluding hydrogens is 280 g/mol. The van der Waals surface area contributed by atoms with Crippen LogP contribution in [-0.4, -0.2) is 14.3 Å². The molecule has 0 aliphatic carbocycles. The molecule has 7 heteroatoms. The van der Waals surface area contributed by atoms with Gasteiger partial charge in [0, 0.05) is 5.56 Å². The maximum Gasteiger partial charge on any atom is 0.399 e. The molecular formula is C13H12N2O4S. The first kappa shape index (κ1) is 14.0. The van der Waals surface area contributed by atoms with Crippen molar-refractivity contribution in [3.63, 3.8) is 0 Å². The Labute approximate surface area is 116 Å². The lowest BCUT2D eigenvalue weighted by Gasteiger charge is -2.09. The van der Waals surface area contributed by atoms with E-state index in [1.165, 1.54) is 12.1 Å². The smallest absolute Gasteiger partial charge is 0.370 e. The summed E-state index contributed by atoms with van der Waals surface area (Å²) < 4.78 is 27.9. The van der Waals surface area contributed by atoms with Crippen molar-refractivity contribution >= 4 is 16.2 Å². The number of hydrogen-bond donors (Lipinski definition) is 2. The van der Waals surface area contributed by atoms with Gasteiger partial charge in [0.15, 0.2) is 0 Å². The van der Waals surface area contributed by atoms with Gasteiger partial charge in [-0.15, -0.1) is 0 Å². The second kappa shape index (κ2) is 6.18. The number of benzene rings is 2. The second-order valence-corrected chi connectivity index (χ2v) is 5.05. The summed E-state index contributed by atoms with van der Waals surface area (Å²) >= 11 is 0. The molecule has 0 saturated carbocycles. The third-order valence-electron chi connectivity index (χ3n) is 2.27. The number of para-hydroxylation sites is 1. The van der Waals surface area contributed by atoms with Crippen molar-refractivity contribution in [3.8, 4) is 5.75 Å². The van der Waals surface area contributed by atoms with Crippen LogP contribution in [-0.2, 0) is 10.3 Å². The molecule has 104 valence electrons. The number of hydrogen-bond acceptors (Lipinski definition) is 4. The Balaban J connectivity index is 1.95. The van der Waals surface area contributed by atoms with Crippen molar-refractivity contribution in [2.75, 3.05) is 0 Å². The Hall–Kier alpha value is -2.38. The van der Waals surface area contributed by atoms with Crippen molar-refractivity contribution in [2.24, 2.45) is 0 Å². The Kier molecular flexibility index (Phi) is 4.34. The minimum absolute atomic E-state index is 0.147. The van der Waals surface area contributed by atoms with Gasteiger partial charge in [0.1, 0.15) is 5.75 Å². The molecule has 0 radical (unpaired) electrons. The minimum Gasteiger partial charge on any atom is -0.370 e. The van der Waals surface area contributed by atoms with E-state index >= 15 is 0 Å². The molecule has 0 aliphatic heterocycles. The highest BCUT2D eigenvalue weighted by Crippen LogP contribution is 2.10. The monoisotopic (exact) mass is 292 g/mol. The van der Waals surface area contributed by atoms with Crippen LogP contribution >= 0.6 is 0 Å². The van der Waals surface area contributed by atoms with E-state index in [9.17, 15) is 13.2 Å². The summed E-state index contributed by atoms with van der Waals surface area (Å²) in [6.45, 7) is 0. The lowest BCUT2D eigenvalue weighted by atomic mass is 10.2. The van der Waals surface area contributed by atoms with Crippen molar-refractivity contribution in [1.82, 2.24) is 10.3 Å². The predicted octanol–water partition coefficient (Wildman–Crippen LogP) is 1.24. The van der Waals surface area contributed by atoms with E-state index < -0.39 is 16.2 Å². The zero-order chi connectivity index (χ0) is 14.4. The number of carbonyl (C=O) groups excluding carboxylic acids is 1. The summed E-state index contributed by atoms with van der Waals surface area (Å²) in [5.41, 5.74) is 2.39. The van der Waals surface area contributed by atoms with Crippen LogP contribution < -0.4 is 14.4 Å². The van der Waals surface area contributed by atoms with E-state index in [4.69, 9.17) is 4.18 Å². The highest BCUT2D eigenvalue weighted by molar-refractivity contribution is 7.85. The molecule has 2 aromatic carbocycles. The largest absolute Gasteiger partial charge is 0.399 e. The van der Waals surface area contributed by atoms with Crippen LogP contribution in [0.3, 0.4) is 0 Å². The fourth-order valence-electron chi connectivity index (χ4n) is 1.39. The van der Waals surface area contributed by atoms with E-state index in [0.717, 1.165) is 0 Å². The quantitative estimate of drug-likeness (QED) is 0.812. The van der Waals surface area contributed by atoms with Crippen molar-refractivity contribution in [1.29, 1.82) is 0 Å². The third kappa shape index (κ3) is 4.08. The normalized spacial score (nSPS) is 10.8. The third-order valence-corrected chi connectivity index (χ3v) is 3.04. The van der Waals surface area contributed by atoms with Crippen LogP contribution in [0.2, 0.25) is 0 Å². The van der Waals surface area contributed by atoms with Crippen LogP contribution in [0.1, 0.15) is 10.4 Å². The molecule has 0 fully saturated rings. The first-order chi connectivity index (χ1) is 9.57. The summed E-state index contributed by atoms with van der Waals surface area (Å²) in [6.07, 6.45) is 0. The number of carbonyl (C=O) groups is 1. The molecule has 2 rings (SSSR count). The van der Waals surface area contributed by atoms with Gasteiger partial charge in [-0.1, -0.05) is 41.2 Å². The van der Waals surface area contributed by atoms with Crippen molar-refractivity contribution in [3.05, 3.63) is 66.2 Å². The summed E-state index contributed by atoms with van der Waals surface area (Å²) in [5, 5.41) is 0. The van der Waals surface area contributed by atoms with Crippen LogP contribution in [0.4, 0.5) is 0 Å². The van der Waals surface area contributed by atoms with Gasteiger partial charge >= 0.3 is 10.3 Å². The zero-order valence-electron chi connectivity index (χ0n) is 10.3. The van der Waals surface area contributed by atoms with Gasteiger partial charge in [0.25, 0.3) is 5.91 Å². The van der Waals surface area contributed by atoms with Crippen LogP contribution in [0.15, 0.2) is 60.7 Å². The maximum absolute atomic E-state index is 11.7. The van der Waals surface area contributed by atoms with Crippen molar-refractivity contribution < 1.29 is 17.4 Å². The summed E-state index contributed by atoms with van der Waals surface area (Å²) in [6, 6.07) is 16.2. The second-order valence-electron chi connectivity index (χ2n) is 3.77. The fraction of sp³-hybridized carbons (Fsp3) is 0. The molecule has 0 heterocycles. The van der Waals surface area contributed by atoms with Gasteiger partial charge in [0.05, 0.1) is 0 Å². The van der Waals surface area contributed by atoms with Gasteiger partial charge < -0.3 is 4.18 Å². The highest BCUT2D eigenvalue weighted by Gasteiger charge is 2.14. The van der Waals surface area contributed by atoms with Gasteiger partial charge in [-0.05, 0) is 24.3 Å². The Morgan fingerprint density at radius 2 is 1.45 bits per heavy atom. The van der Waals surface area contributed by atoms with E-state index in [0.29, 0.717) is 5.56 Å². The molecule has 0 saturated heterocycles. The summed E-state index contributed by atoms with van der Waals surface area (Å²) in [5.74, 6) is -0.431. The van der Waals surface area contributed by atoms with Crippen LogP contribution in [0.25, 0.3) is 0 Å². The van der Waals surface area contributed by atoms with E-state index in [2.05, 4.69) is 5.43 Å². The molecule has 0 atom stereocenters. The van der Waals surface area contributed by atoms with Gasteiger partial charge in [-0.25, -0.2) is 0 Å². The number of rotatable bonds is 5. The lowest BCUT2D eigenvalue weighted by molar-refractivity contribution is 0.0943. The van der Waals surface area contributed by atoms with Crippen molar-refractivity contribution in [2.45, 2.75) is 0 Å². The molecule has 20 heavy (non-hydrogen) atoms. The van der Waals surface area contributed by atoms with Crippen LogP contribution in [0, 0.1) is 0 Å². The standard InChI is InChI=1S/C13H12N2O4S/c16-13(11-7-3-1-4-8-11)14-15-20(17,18)19-12-9-5-2-6-10-12/h1-10,15H,(H,14,16). The number of hydrazine groups is 1. The topological polar surface area (TPSA) is 84.5 Å². The molecule has 0 spiro atoms. The average molecular weight is 292 g/mol. The molecule has 1 amide bonds. The van der Waals surface area contributed by atoms with Crippen LogP contribution in [0.5, 0.6) is 5.75 Å². The number of nitrogens with one attached hydrogen (secondary N) is 2. The average Bonchev–Trinajstić information content (AvgIpc) is 2.46. The highest BCUT2D eigenvalue weighted by atomic mass is 32.2. The van der Waals surface area contributed by atoms with Gasteiger partial charge in [-0.2, -0.15) is 8.42 Å². The molecule has 2 aromatic rings. The van der Waals surface area contributed by atoms with Gasteiger partial charge in [-0.3, -0.25) is 10.2 Å². The van der Waals surface area contributed by atoms with E-state index in [1.54, 1.807) is 48.5 Å². The summed E-state index contributed by atoms with van der Waals surface area (Å²) in [4.78, 5) is 13.5. The Morgan fingerprint density at radius 1 is 0.900 bits per heavy atom. The SMILES string of the molecule is O=C(NNS(=O)(=O)Oc1ccccc1)c1ccccc1. The zero-order valence-corrected chi connectivity index (χ0v) is 11.1. The lowest BCUT2D eigenvalue weighted by Crippen LogP contribution is -2.43. The molecule has 0 bridgehead atoms. The van der Waals surface area contributed by atoms with Gasteiger partial charge in [0.2, 0.25) is 0 Å². The van der Waals surface area contributed by atoms with E-state index in [1.807, 2.05) is 4.83 Å². The summed E-state index contributed by atoms with van der Waals surface area (Å²) in [7, 11) is -4.12. The van der Waals surface area contributed by atoms with E-state index in [-0.39, 0.29) is 5.75 Å². The number of amides is 1. The maximum atomic E-state index is 11.7. The molecule has 6 nitrogen and oxygen atoms in total. The first-order valence-corrected chi connectivity index (χ1v) is 7.09. The molecule has 0 aliphatic rings. The molecule has 2 N–H and O–H groups in total. The first-order valence-electron chi connectivity index (χ1n) is 5.68. The minimum atomic E-state index is -4.12. The predicted molar refractivity (Wildman–Crippen MR) is 73.0 cm³/mol. The fourth-order valence-corrected chi connectivity index (χ4v) is 2.02. The molecule has 0 aromatic heterocycles. The molecule has 0 unspecified atom stereocenters. The Morgan fingerprint density at radius 3 is 2.05 bits per heavy atom.